The molecule has 7 aromatic rings. The molecule has 0 aliphatic carbocycles. The van der Waals surface area contributed by atoms with E-state index in [2.05, 4.69) is 146 Å². The fourth-order valence-electron chi connectivity index (χ4n) is 7.26. The Morgan fingerprint density at radius 3 is 2.24 bits per heavy atom. The summed E-state index contributed by atoms with van der Waals surface area (Å²) < 4.78 is 10.9. The van der Waals surface area contributed by atoms with Crippen molar-refractivity contribution < 1.29 is 25.8 Å². The Labute approximate surface area is 310 Å². The molecule has 0 saturated carbocycles. The van der Waals surface area contributed by atoms with Crippen LogP contribution >= 0.6 is 0 Å². The van der Waals surface area contributed by atoms with Gasteiger partial charge in [0.25, 0.3) is 0 Å². The Bertz CT molecular complexity index is 2350. The summed E-state index contributed by atoms with van der Waals surface area (Å²) in [7, 11) is 0. The van der Waals surface area contributed by atoms with Gasteiger partial charge in [-0.1, -0.05) is 75.5 Å². The van der Waals surface area contributed by atoms with Crippen molar-refractivity contribution in [3.8, 4) is 34.1 Å². The molecule has 0 bridgehead atoms. The Balaban J connectivity index is 0.00000432. The molecule has 6 heteroatoms. The maximum Gasteiger partial charge on any atom is 2.00 e. The summed E-state index contributed by atoms with van der Waals surface area (Å²) in [5, 5.41) is 7.34. The molecule has 0 atom stereocenters. The van der Waals surface area contributed by atoms with Crippen molar-refractivity contribution in [3.05, 3.63) is 130 Å². The fourth-order valence-corrected chi connectivity index (χ4v) is 7.26. The summed E-state index contributed by atoms with van der Waals surface area (Å²) >= 11 is 0. The number of fused-ring (bicyclic) bond motifs is 3. The van der Waals surface area contributed by atoms with Crippen LogP contribution in [0.25, 0.3) is 44.4 Å². The normalized spacial score (nSPS) is 11.7. The average molecular weight is 840 g/mol. The Morgan fingerprint density at radius 2 is 1.52 bits per heavy atom. The van der Waals surface area contributed by atoms with Crippen LogP contribution in [0.2, 0.25) is 0 Å². The molecule has 50 heavy (non-hydrogen) atoms. The zero-order valence-electron chi connectivity index (χ0n) is 30.4. The van der Waals surface area contributed by atoms with Crippen molar-refractivity contribution in [2.24, 2.45) is 0 Å². The Hall–Kier alpha value is -4.47. The molecule has 256 valence electrons. The first-order chi connectivity index (χ1) is 23.4. The van der Waals surface area contributed by atoms with Gasteiger partial charge in [-0.3, -0.25) is 4.68 Å². The SMILES string of the molecule is CCCc1ccnc(-n2c3[c-]c(Oc4[c-]c(-n5nc(C)c(-c6c(C)cc(C)cc6C)c5C)cc(C(C)(C)C)c4)ccc3c3ccccc32)c1.[Pt+2]. The van der Waals surface area contributed by atoms with E-state index in [0.717, 1.165) is 63.1 Å². The number of rotatable bonds is 7. The predicted octanol–water partition coefficient (Wildman–Crippen LogP) is 11.2. The van der Waals surface area contributed by atoms with E-state index in [1.54, 1.807) is 0 Å². The van der Waals surface area contributed by atoms with Gasteiger partial charge in [0.1, 0.15) is 5.82 Å². The van der Waals surface area contributed by atoms with Gasteiger partial charge in [0, 0.05) is 34.5 Å². The van der Waals surface area contributed by atoms with Gasteiger partial charge in [-0.25, -0.2) is 4.98 Å². The second-order valence-corrected chi connectivity index (χ2v) is 14.4. The quantitative estimate of drug-likeness (QED) is 0.150. The molecule has 0 amide bonds. The van der Waals surface area contributed by atoms with Gasteiger partial charge in [0.15, 0.2) is 0 Å². The molecule has 0 saturated heterocycles. The number of hydrogen-bond donors (Lipinski definition) is 0. The van der Waals surface area contributed by atoms with Gasteiger partial charge >= 0.3 is 21.1 Å². The summed E-state index contributed by atoms with van der Waals surface area (Å²) in [4.78, 5) is 4.80. The largest absolute Gasteiger partial charge is 2.00 e. The summed E-state index contributed by atoms with van der Waals surface area (Å²) in [5.74, 6) is 2.13. The van der Waals surface area contributed by atoms with Crippen molar-refractivity contribution in [1.82, 2.24) is 19.3 Å². The molecule has 4 aromatic carbocycles. The zero-order valence-corrected chi connectivity index (χ0v) is 32.7. The molecule has 3 aromatic heterocycles. The van der Waals surface area contributed by atoms with Gasteiger partial charge in [-0.2, -0.15) is 11.2 Å². The van der Waals surface area contributed by atoms with Crippen LogP contribution in [0, 0.1) is 46.8 Å². The van der Waals surface area contributed by atoms with Crippen molar-refractivity contribution in [2.75, 3.05) is 0 Å². The van der Waals surface area contributed by atoms with E-state index in [-0.39, 0.29) is 26.5 Å². The van der Waals surface area contributed by atoms with Gasteiger partial charge in [-0.05, 0) is 98.0 Å². The minimum absolute atomic E-state index is 0. The first-order valence-electron chi connectivity index (χ1n) is 17.2. The van der Waals surface area contributed by atoms with E-state index in [9.17, 15) is 0 Å². The summed E-state index contributed by atoms with van der Waals surface area (Å²) in [6.07, 6.45) is 3.99. The van der Waals surface area contributed by atoms with E-state index >= 15 is 0 Å². The minimum atomic E-state index is -0.125. The van der Waals surface area contributed by atoms with Crippen LogP contribution in [0.15, 0.2) is 79.0 Å². The Morgan fingerprint density at radius 1 is 0.780 bits per heavy atom. The van der Waals surface area contributed by atoms with Gasteiger partial charge in [-0.15, -0.1) is 41.3 Å². The maximum atomic E-state index is 6.66. The van der Waals surface area contributed by atoms with E-state index in [0.29, 0.717) is 11.5 Å². The van der Waals surface area contributed by atoms with E-state index in [1.807, 2.05) is 16.9 Å². The molecule has 0 unspecified atom stereocenters. The third-order valence-electron chi connectivity index (χ3n) is 9.50. The monoisotopic (exact) mass is 839 g/mol. The average Bonchev–Trinajstić information content (AvgIpc) is 3.53. The van der Waals surface area contributed by atoms with Crippen molar-refractivity contribution in [2.45, 2.75) is 80.6 Å². The molecular weight excluding hydrogens is 796 g/mol. The molecular formula is C44H44N4OPt. The number of pyridine rings is 1. The predicted molar refractivity (Wildman–Crippen MR) is 202 cm³/mol. The Kier molecular flexibility index (Phi) is 9.67. The number of aryl methyl sites for hydroxylation is 5. The van der Waals surface area contributed by atoms with E-state index < -0.39 is 0 Å². The second-order valence-electron chi connectivity index (χ2n) is 14.4. The number of ether oxygens (including phenoxy) is 1. The number of hydrogen-bond acceptors (Lipinski definition) is 3. The van der Waals surface area contributed by atoms with Gasteiger partial charge < -0.3 is 9.30 Å². The zero-order chi connectivity index (χ0) is 34.6. The van der Waals surface area contributed by atoms with Crippen molar-refractivity contribution >= 4 is 21.8 Å². The van der Waals surface area contributed by atoms with Gasteiger partial charge in [0.05, 0.1) is 5.69 Å². The minimum Gasteiger partial charge on any atom is -0.509 e. The van der Waals surface area contributed by atoms with Crippen LogP contribution in [-0.2, 0) is 32.9 Å². The molecule has 0 aliphatic rings. The summed E-state index contributed by atoms with van der Waals surface area (Å²) in [6, 6.07) is 32.9. The van der Waals surface area contributed by atoms with Crippen LogP contribution < -0.4 is 4.74 Å². The third kappa shape index (κ3) is 6.44. The molecule has 0 fully saturated rings. The van der Waals surface area contributed by atoms with Gasteiger partial charge in [0.2, 0.25) is 0 Å². The third-order valence-corrected chi connectivity index (χ3v) is 9.50. The molecule has 0 spiro atoms. The van der Waals surface area contributed by atoms with Crippen LogP contribution in [0.4, 0.5) is 0 Å². The molecule has 5 nitrogen and oxygen atoms in total. The number of benzene rings is 4. The topological polar surface area (TPSA) is 44.9 Å². The van der Waals surface area contributed by atoms with Crippen LogP contribution in [-0.4, -0.2) is 19.3 Å². The van der Waals surface area contributed by atoms with Crippen molar-refractivity contribution in [3.63, 3.8) is 0 Å². The fraction of sp³-hybridized carbons (Fsp3) is 0.273. The summed E-state index contributed by atoms with van der Waals surface area (Å²) in [6.45, 7) is 19.6. The van der Waals surface area contributed by atoms with Crippen LogP contribution in [0.5, 0.6) is 11.5 Å². The first-order valence-corrected chi connectivity index (χ1v) is 17.2. The first kappa shape index (κ1) is 35.4. The molecule has 3 heterocycles. The molecule has 0 N–H and O–H groups in total. The van der Waals surface area contributed by atoms with Crippen LogP contribution in [0.1, 0.15) is 73.3 Å². The van der Waals surface area contributed by atoms with E-state index in [4.69, 9.17) is 14.8 Å². The molecule has 0 radical (unpaired) electrons. The number of aromatic nitrogens is 4. The summed E-state index contributed by atoms with van der Waals surface area (Å²) in [5.41, 5.74) is 13.4. The van der Waals surface area contributed by atoms with Crippen LogP contribution in [0.3, 0.4) is 0 Å². The second kappa shape index (κ2) is 13.7. The van der Waals surface area contributed by atoms with E-state index in [1.165, 1.54) is 33.4 Å². The smallest absolute Gasteiger partial charge is 0.509 e. The molecule has 7 rings (SSSR count). The molecule has 0 aliphatic heterocycles. The van der Waals surface area contributed by atoms with Crippen molar-refractivity contribution in [1.29, 1.82) is 0 Å². The maximum absolute atomic E-state index is 6.66. The number of para-hydroxylation sites is 1. The standard InChI is InChI=1S/C44H44N4O.Pt/c1-10-13-32-18-19-45-41(22-32)47-39-15-12-11-14-37(39)38-17-16-35(26-40(38)47)49-36-24-33(44(7,8)9)23-34(25-36)48-31(6)43(30(5)46-48)42-28(3)20-27(2)21-29(42)4;/h11-12,14-24H,10,13H2,1-9H3;/q-2;+2. The number of nitrogens with zero attached hydrogens (tertiary/aromatic N) is 4.